The average Bonchev–Trinajstić information content (AvgIpc) is 4.05. The molecule has 6 heterocycles. The van der Waals surface area contributed by atoms with E-state index in [0.717, 1.165) is 20.7 Å². The standard InChI is InChI=1S/C57H58F2N10O7Si2/c1-9-56(33-71-77(54(3,4)5,37-23-15-11-16-24-37)38-25-17-12-18-26-38)41(31-43(75-56)68-35-62-45-47(60)64-51(58)66-49(45)68)73-53(70)74-42-32-44(69-36-63-46-48(61)65-52(59)67-50(46)69)76-57(42,10-2)34-72-78(55(6,7)8,39-27-19-13-20-28-39)40-29-21-14-22-30-40/h1-2,11-30,35-36,41-44H,31-34H2,3-8H3,(H2,60,64,66)(H2,61,65,67)/t41-,42-,43+,44+,56+,57+/m0/s1. The van der Waals surface area contributed by atoms with Crippen LogP contribution in [-0.2, 0) is 27.8 Å². The molecule has 4 aromatic heterocycles. The Morgan fingerprint density at radius 2 is 0.923 bits per heavy atom. The van der Waals surface area contributed by atoms with Crippen LogP contribution in [0.25, 0.3) is 22.3 Å². The summed E-state index contributed by atoms with van der Waals surface area (Å²) in [4.78, 5) is 39.0. The molecule has 17 nitrogen and oxygen atoms in total. The number of imidazole rings is 2. The van der Waals surface area contributed by atoms with Gasteiger partial charge in [-0.1, -0.05) is 175 Å². The van der Waals surface area contributed by atoms with Crippen molar-refractivity contribution in [1.82, 2.24) is 39.0 Å². The van der Waals surface area contributed by atoms with Gasteiger partial charge in [-0.2, -0.15) is 28.7 Å². The molecule has 2 aliphatic rings. The maximum atomic E-state index is 15.0. The molecule has 2 fully saturated rings. The number of nitrogen functional groups attached to an aromatic ring is 2. The van der Waals surface area contributed by atoms with Crippen molar-refractivity contribution in [1.29, 1.82) is 0 Å². The molecule has 0 bridgehead atoms. The third-order valence-corrected chi connectivity index (χ3v) is 24.8. The predicted octanol–water partition coefficient (Wildman–Crippen LogP) is 6.73. The number of terminal acetylenes is 2. The molecule has 0 amide bonds. The number of hydrogen-bond donors (Lipinski definition) is 2. The Labute approximate surface area is 451 Å². The Balaban J connectivity index is 1.04. The summed E-state index contributed by atoms with van der Waals surface area (Å²) in [5.41, 5.74) is 8.78. The van der Waals surface area contributed by atoms with Crippen molar-refractivity contribution in [2.75, 3.05) is 24.7 Å². The Bertz CT molecular complexity index is 3260. The molecule has 78 heavy (non-hydrogen) atoms. The summed E-state index contributed by atoms with van der Waals surface area (Å²) < 4.78 is 74.0. The molecule has 6 atom stereocenters. The van der Waals surface area contributed by atoms with E-state index in [1.54, 1.807) is 0 Å². The van der Waals surface area contributed by atoms with Crippen molar-refractivity contribution in [2.45, 2.75) is 100 Å². The lowest BCUT2D eigenvalue weighted by Gasteiger charge is -2.45. The molecule has 8 aromatic rings. The van der Waals surface area contributed by atoms with Gasteiger partial charge in [0.2, 0.25) is 0 Å². The monoisotopic (exact) mass is 1090 g/mol. The lowest BCUT2D eigenvalue weighted by molar-refractivity contribution is -0.112. The van der Waals surface area contributed by atoms with Crippen molar-refractivity contribution in [2.24, 2.45) is 0 Å². The quantitative estimate of drug-likeness (QED) is 0.0500. The van der Waals surface area contributed by atoms with Gasteiger partial charge in [0.05, 0.1) is 25.9 Å². The number of benzene rings is 4. The lowest BCUT2D eigenvalue weighted by atomic mass is 9.98. The van der Waals surface area contributed by atoms with Crippen LogP contribution in [0.3, 0.4) is 0 Å². The molecule has 10 rings (SSSR count). The van der Waals surface area contributed by atoms with E-state index in [1.165, 1.54) is 21.8 Å². The van der Waals surface area contributed by atoms with Crippen molar-refractivity contribution in [3.8, 4) is 24.7 Å². The normalized spacial score (nSPS) is 21.8. The van der Waals surface area contributed by atoms with E-state index in [1.807, 2.05) is 121 Å². The van der Waals surface area contributed by atoms with Crippen molar-refractivity contribution >= 4 is 77.5 Å². The first-order valence-corrected chi connectivity index (χ1v) is 29.1. The van der Waals surface area contributed by atoms with Crippen molar-refractivity contribution in [3.63, 3.8) is 0 Å². The number of hydrogen-bond acceptors (Lipinski definition) is 15. The molecule has 400 valence electrons. The zero-order valence-electron chi connectivity index (χ0n) is 43.8. The Morgan fingerprint density at radius 1 is 0.603 bits per heavy atom. The van der Waals surface area contributed by atoms with Gasteiger partial charge in [-0.05, 0) is 30.8 Å². The fourth-order valence-corrected chi connectivity index (χ4v) is 20.3. The van der Waals surface area contributed by atoms with E-state index >= 15 is 0 Å². The van der Waals surface area contributed by atoms with E-state index in [-0.39, 0.29) is 60.0 Å². The minimum Gasteiger partial charge on any atom is -0.427 e. The summed E-state index contributed by atoms with van der Waals surface area (Å²) in [6.45, 7) is 12.1. The van der Waals surface area contributed by atoms with Gasteiger partial charge >= 0.3 is 18.3 Å². The molecule has 0 spiro atoms. The number of rotatable bonds is 14. The van der Waals surface area contributed by atoms with Crippen LogP contribution in [0.1, 0.15) is 66.8 Å². The lowest BCUT2D eigenvalue weighted by Crippen LogP contribution is -2.68. The summed E-state index contributed by atoms with van der Waals surface area (Å²) in [5, 5.41) is 2.79. The van der Waals surface area contributed by atoms with Crippen LogP contribution >= 0.6 is 0 Å². The molecular weight excluding hydrogens is 1030 g/mol. The number of carbonyl (C=O) groups is 1. The van der Waals surface area contributed by atoms with Crippen LogP contribution in [0.15, 0.2) is 134 Å². The molecule has 4 aromatic carbocycles. The van der Waals surface area contributed by atoms with E-state index in [4.69, 9.17) is 52.1 Å². The number of carbonyl (C=O) groups excluding carboxylic acids is 1. The van der Waals surface area contributed by atoms with Gasteiger partial charge in [-0.3, -0.25) is 9.13 Å². The van der Waals surface area contributed by atoms with Crippen LogP contribution < -0.4 is 32.2 Å². The SMILES string of the molecule is C#C[C@]1(CO[Si](c2ccccc2)(c2ccccc2)C(C)(C)C)O[C@@H](n2cnc3c(N)nc(F)nc32)C[C@@H]1OC(=O)O[C@H]1C[C@H](n2cnc3c(N)nc(F)nc32)O[C@]1(C#C)CO[Si](c1ccccc1)(c1ccccc1)C(C)(C)C. The van der Waals surface area contributed by atoms with Crippen molar-refractivity contribution < 1.29 is 41.4 Å². The highest BCUT2D eigenvalue weighted by molar-refractivity contribution is 7.00. The predicted molar refractivity (Wildman–Crippen MR) is 294 cm³/mol. The smallest absolute Gasteiger partial charge is 0.427 e. The summed E-state index contributed by atoms with van der Waals surface area (Å²) in [7, 11) is -6.70. The summed E-state index contributed by atoms with van der Waals surface area (Å²) in [6.07, 6.45) is 7.51. The molecule has 0 saturated carbocycles. The Hall–Kier alpha value is -7.90. The third kappa shape index (κ3) is 9.25. The molecule has 0 unspecified atom stereocenters. The van der Waals surface area contributed by atoms with Crippen LogP contribution in [-0.4, -0.2) is 98.5 Å². The average molecular weight is 1090 g/mol. The van der Waals surface area contributed by atoms with E-state index in [9.17, 15) is 13.6 Å². The Kier molecular flexibility index (Phi) is 14.0. The van der Waals surface area contributed by atoms with Crippen LogP contribution in [0.2, 0.25) is 10.1 Å². The molecule has 4 N–H and O–H groups in total. The summed E-state index contributed by atoms with van der Waals surface area (Å²) in [5.74, 6) is 5.25. The molecule has 0 radical (unpaired) electrons. The molecular formula is C57H58F2N10O7Si2. The van der Waals surface area contributed by atoms with Crippen LogP contribution in [0, 0.1) is 36.8 Å². The number of nitrogens with zero attached hydrogens (tertiary/aromatic N) is 8. The van der Waals surface area contributed by atoms with Crippen LogP contribution in [0.5, 0.6) is 0 Å². The highest BCUT2D eigenvalue weighted by atomic mass is 28.4. The van der Waals surface area contributed by atoms with Gasteiger partial charge in [-0.15, -0.1) is 12.8 Å². The van der Waals surface area contributed by atoms with Gasteiger partial charge in [0, 0.05) is 12.8 Å². The second-order valence-electron chi connectivity index (χ2n) is 21.5. The molecule has 0 aliphatic carbocycles. The largest absolute Gasteiger partial charge is 0.509 e. The highest BCUT2D eigenvalue weighted by Crippen LogP contribution is 2.46. The number of anilines is 2. The fourth-order valence-electron chi connectivity index (χ4n) is 11.2. The van der Waals surface area contributed by atoms with Gasteiger partial charge in [-0.25, -0.2) is 14.8 Å². The number of ether oxygens (including phenoxy) is 4. The second kappa shape index (κ2) is 20.5. The summed E-state index contributed by atoms with van der Waals surface area (Å²) >= 11 is 0. The molecule has 2 aliphatic heterocycles. The van der Waals surface area contributed by atoms with E-state index in [0.29, 0.717) is 0 Å². The fraction of sp³-hybridized carbons (Fsp3) is 0.316. The van der Waals surface area contributed by atoms with Crippen LogP contribution in [0.4, 0.5) is 25.2 Å². The molecule has 21 heteroatoms. The summed E-state index contributed by atoms with van der Waals surface area (Å²) in [6, 6.07) is 39.6. The van der Waals surface area contributed by atoms with Gasteiger partial charge in [0.1, 0.15) is 12.5 Å². The first-order valence-electron chi connectivity index (χ1n) is 25.3. The zero-order valence-corrected chi connectivity index (χ0v) is 45.8. The van der Waals surface area contributed by atoms with Gasteiger partial charge < -0.3 is 39.3 Å². The first-order chi connectivity index (χ1) is 37.3. The van der Waals surface area contributed by atoms with Gasteiger partial charge in [0.25, 0.3) is 16.6 Å². The minimum absolute atomic E-state index is 0.0137. The number of fused-ring (bicyclic) bond motifs is 2. The maximum absolute atomic E-state index is 15.0. The number of nitrogens with two attached hydrogens (primary N) is 2. The van der Waals surface area contributed by atoms with E-state index < -0.39 is 80.9 Å². The number of aromatic nitrogens is 8. The minimum atomic E-state index is -3.35. The van der Waals surface area contributed by atoms with E-state index in [2.05, 4.69) is 83.3 Å². The third-order valence-electron chi connectivity index (χ3n) is 14.8. The second-order valence-corrected chi connectivity index (χ2v) is 30.1. The van der Waals surface area contributed by atoms with Crippen molar-refractivity contribution in [3.05, 3.63) is 146 Å². The van der Waals surface area contributed by atoms with Gasteiger partial charge in [0.15, 0.2) is 57.4 Å². The number of halogens is 2. The first kappa shape index (κ1) is 53.5. The highest BCUT2D eigenvalue weighted by Gasteiger charge is 2.59. The Morgan fingerprint density at radius 3 is 1.22 bits per heavy atom. The zero-order chi connectivity index (χ0) is 55.3. The topological polar surface area (TPSA) is 212 Å². The maximum Gasteiger partial charge on any atom is 0.509 e. The molecule has 2 saturated heterocycles.